The Kier molecular flexibility index (Phi) is 6.77. The molecule has 2 aromatic heterocycles. The number of nitrogens with one attached hydrogen (secondary N) is 1. The summed E-state index contributed by atoms with van der Waals surface area (Å²) < 4.78 is 7.17. The molecule has 0 aliphatic carbocycles. The van der Waals surface area contributed by atoms with Crippen molar-refractivity contribution in [3.63, 3.8) is 0 Å². The van der Waals surface area contributed by atoms with Gasteiger partial charge in [-0.2, -0.15) is 10.2 Å². The van der Waals surface area contributed by atoms with Gasteiger partial charge in [-0.05, 0) is 64.6 Å². The third-order valence-electron chi connectivity index (χ3n) is 7.11. The molecule has 0 unspecified atom stereocenters. The van der Waals surface area contributed by atoms with Crippen LogP contribution < -0.4 is 0 Å². The lowest BCUT2D eigenvalue weighted by molar-refractivity contribution is 0.0313. The Balaban J connectivity index is 1.52. The van der Waals surface area contributed by atoms with Crippen LogP contribution in [0.5, 0.6) is 0 Å². The number of carbonyl (C=O) groups is 1. The largest absolute Gasteiger partial charge is 0.383 e. The monoisotopic (exact) mass is 428 g/mol. The number of amides is 1. The van der Waals surface area contributed by atoms with E-state index in [1.807, 2.05) is 36.5 Å². The first-order chi connectivity index (χ1) is 15.0. The molecule has 0 spiro atoms. The molecular formula is C23H36N6O2. The van der Waals surface area contributed by atoms with Crippen molar-refractivity contribution in [2.24, 2.45) is 13.0 Å². The number of hydrogen-bond donors (Lipinski definition) is 1. The Hall–Kier alpha value is -2.19. The Morgan fingerprint density at radius 1 is 1.26 bits per heavy atom. The minimum absolute atomic E-state index is 0.00271. The molecule has 8 heteroatoms. The van der Waals surface area contributed by atoms with Gasteiger partial charge in [0.25, 0.3) is 5.91 Å². The van der Waals surface area contributed by atoms with Crippen LogP contribution in [-0.4, -0.2) is 81.6 Å². The number of carbonyl (C=O) groups excluding carboxylic acids is 1. The average molecular weight is 429 g/mol. The molecule has 8 nitrogen and oxygen atoms in total. The quantitative estimate of drug-likeness (QED) is 0.734. The fraction of sp³-hybridized carbons (Fsp3) is 0.696. The second-order valence-corrected chi connectivity index (χ2v) is 9.08. The molecule has 2 aliphatic heterocycles. The second-order valence-electron chi connectivity index (χ2n) is 9.08. The van der Waals surface area contributed by atoms with Crippen LogP contribution >= 0.6 is 0 Å². The highest BCUT2D eigenvalue weighted by Gasteiger charge is 2.35. The van der Waals surface area contributed by atoms with Crippen LogP contribution in [0.4, 0.5) is 0 Å². The first kappa shape index (κ1) is 22.0. The van der Waals surface area contributed by atoms with Gasteiger partial charge >= 0.3 is 0 Å². The fourth-order valence-electron chi connectivity index (χ4n) is 5.42. The molecule has 2 fully saturated rings. The topological polar surface area (TPSA) is 79.3 Å². The molecule has 0 bridgehead atoms. The summed E-state index contributed by atoms with van der Waals surface area (Å²) in [5, 5.41) is 11.9. The molecule has 1 N–H and O–H groups in total. The van der Waals surface area contributed by atoms with E-state index in [2.05, 4.69) is 20.2 Å². The number of aromatic amines is 1. The Bertz CT molecular complexity index is 902. The van der Waals surface area contributed by atoms with Crippen LogP contribution in [0.15, 0.2) is 6.07 Å². The van der Waals surface area contributed by atoms with Crippen LogP contribution in [0.25, 0.3) is 11.3 Å². The first-order valence-electron chi connectivity index (χ1n) is 11.6. The standard InChI is InChI=1S/C23H36N6O2/c1-16-22(17(2)27(3)26-16)19-14-20(25-24-19)23(30)29(12-13-31-4)15-18-8-7-11-28-10-6-5-9-21(18)28/h14,18,21H,5-13,15H2,1-4H3,(H,24,25)/t18-,21+/m1/s1. The lowest BCUT2D eigenvalue weighted by atomic mass is 9.83. The average Bonchev–Trinajstić information content (AvgIpc) is 3.34. The van der Waals surface area contributed by atoms with Gasteiger partial charge in [0.05, 0.1) is 18.0 Å². The van der Waals surface area contributed by atoms with Gasteiger partial charge in [-0.25, -0.2) is 0 Å². The van der Waals surface area contributed by atoms with E-state index >= 15 is 0 Å². The highest BCUT2D eigenvalue weighted by Crippen LogP contribution is 2.32. The van der Waals surface area contributed by atoms with Crippen molar-refractivity contribution in [2.75, 3.05) is 39.9 Å². The molecule has 0 saturated carbocycles. The molecule has 4 rings (SSSR count). The van der Waals surface area contributed by atoms with E-state index in [9.17, 15) is 4.79 Å². The van der Waals surface area contributed by atoms with Crippen LogP contribution in [0.2, 0.25) is 0 Å². The van der Waals surface area contributed by atoms with E-state index in [1.165, 1.54) is 45.2 Å². The zero-order chi connectivity index (χ0) is 22.0. The maximum Gasteiger partial charge on any atom is 0.271 e. The van der Waals surface area contributed by atoms with Crippen molar-refractivity contribution < 1.29 is 9.53 Å². The number of hydrogen-bond acceptors (Lipinski definition) is 5. The maximum atomic E-state index is 13.5. The van der Waals surface area contributed by atoms with Gasteiger partial charge in [0.15, 0.2) is 0 Å². The van der Waals surface area contributed by atoms with Gasteiger partial charge < -0.3 is 14.5 Å². The van der Waals surface area contributed by atoms with E-state index in [4.69, 9.17) is 4.74 Å². The minimum Gasteiger partial charge on any atom is -0.383 e. The van der Waals surface area contributed by atoms with Gasteiger partial charge in [0.1, 0.15) is 5.69 Å². The van der Waals surface area contributed by atoms with Crippen LogP contribution in [0.3, 0.4) is 0 Å². The Labute approximate surface area is 184 Å². The number of fused-ring (bicyclic) bond motifs is 1. The van der Waals surface area contributed by atoms with Crippen LogP contribution in [0.1, 0.15) is 54.0 Å². The summed E-state index contributed by atoms with van der Waals surface area (Å²) >= 11 is 0. The predicted molar refractivity (Wildman–Crippen MR) is 120 cm³/mol. The molecule has 2 atom stereocenters. The summed E-state index contributed by atoms with van der Waals surface area (Å²) in [5.74, 6) is 0.531. The van der Waals surface area contributed by atoms with Crippen molar-refractivity contribution in [3.8, 4) is 11.3 Å². The van der Waals surface area contributed by atoms with E-state index in [1.54, 1.807) is 7.11 Å². The summed E-state index contributed by atoms with van der Waals surface area (Å²) in [6.07, 6.45) is 6.28. The number of piperidine rings is 2. The summed E-state index contributed by atoms with van der Waals surface area (Å²) in [6.45, 7) is 8.33. The second kappa shape index (κ2) is 9.53. The molecule has 4 heterocycles. The molecule has 170 valence electrons. The van der Waals surface area contributed by atoms with Crippen molar-refractivity contribution in [3.05, 3.63) is 23.1 Å². The number of ether oxygens (including phenoxy) is 1. The van der Waals surface area contributed by atoms with E-state index < -0.39 is 0 Å². The highest BCUT2D eigenvalue weighted by molar-refractivity contribution is 5.93. The zero-order valence-corrected chi connectivity index (χ0v) is 19.4. The third-order valence-corrected chi connectivity index (χ3v) is 7.11. The van der Waals surface area contributed by atoms with Crippen LogP contribution in [-0.2, 0) is 11.8 Å². The normalized spacial score (nSPS) is 21.8. The van der Waals surface area contributed by atoms with Crippen molar-refractivity contribution in [1.82, 2.24) is 29.8 Å². The van der Waals surface area contributed by atoms with E-state index in [0.717, 1.165) is 29.2 Å². The molecule has 0 aromatic carbocycles. The molecule has 31 heavy (non-hydrogen) atoms. The molecule has 2 saturated heterocycles. The number of aryl methyl sites for hydroxylation is 2. The predicted octanol–water partition coefficient (Wildman–Crippen LogP) is 2.78. The summed E-state index contributed by atoms with van der Waals surface area (Å²) in [5.41, 5.74) is 4.26. The van der Waals surface area contributed by atoms with Crippen molar-refractivity contribution >= 4 is 5.91 Å². The molecular weight excluding hydrogens is 392 g/mol. The highest BCUT2D eigenvalue weighted by atomic mass is 16.5. The molecule has 1 amide bonds. The lowest BCUT2D eigenvalue weighted by Gasteiger charge is -2.45. The summed E-state index contributed by atoms with van der Waals surface area (Å²) in [6, 6.07) is 2.48. The Morgan fingerprint density at radius 2 is 2.06 bits per heavy atom. The van der Waals surface area contributed by atoms with Crippen molar-refractivity contribution in [2.45, 2.75) is 52.0 Å². The van der Waals surface area contributed by atoms with Crippen molar-refractivity contribution in [1.29, 1.82) is 0 Å². The SMILES string of the molecule is COCCN(C[C@H]1CCCN2CCCC[C@@H]12)C(=O)c1cc(-c2c(C)nn(C)c2C)n[nH]1. The van der Waals surface area contributed by atoms with Gasteiger partial charge in [0, 0.05) is 44.5 Å². The van der Waals surface area contributed by atoms with E-state index in [0.29, 0.717) is 30.8 Å². The minimum atomic E-state index is 0.00271. The first-order valence-corrected chi connectivity index (χ1v) is 11.6. The van der Waals surface area contributed by atoms with Gasteiger partial charge in [-0.1, -0.05) is 6.42 Å². The van der Waals surface area contributed by atoms with E-state index in [-0.39, 0.29) is 5.91 Å². The lowest BCUT2D eigenvalue weighted by Crippen LogP contribution is -2.52. The number of rotatable bonds is 7. The zero-order valence-electron chi connectivity index (χ0n) is 19.4. The number of methoxy groups -OCH3 is 1. The molecule has 2 aromatic rings. The molecule has 0 radical (unpaired) electrons. The molecule has 2 aliphatic rings. The fourth-order valence-corrected chi connectivity index (χ4v) is 5.42. The van der Waals surface area contributed by atoms with Gasteiger partial charge in [-0.3, -0.25) is 14.6 Å². The number of nitrogens with zero attached hydrogens (tertiary/aromatic N) is 5. The third kappa shape index (κ3) is 4.55. The van der Waals surface area contributed by atoms with Gasteiger partial charge in [-0.15, -0.1) is 0 Å². The summed E-state index contributed by atoms with van der Waals surface area (Å²) in [7, 11) is 3.62. The number of aromatic nitrogens is 4. The van der Waals surface area contributed by atoms with Gasteiger partial charge in [0.2, 0.25) is 0 Å². The Morgan fingerprint density at radius 3 is 2.81 bits per heavy atom. The van der Waals surface area contributed by atoms with Crippen LogP contribution in [0, 0.1) is 19.8 Å². The maximum absolute atomic E-state index is 13.5. The summed E-state index contributed by atoms with van der Waals surface area (Å²) in [4.78, 5) is 18.1. The smallest absolute Gasteiger partial charge is 0.271 e. The number of H-pyrrole nitrogens is 1.